The zero-order chi connectivity index (χ0) is 30.0. The maximum absolute atomic E-state index is 13.5. The van der Waals surface area contributed by atoms with Crippen molar-refractivity contribution < 1.29 is 29.0 Å². The molecule has 0 saturated carbocycles. The molecule has 1 atom stereocenters. The van der Waals surface area contributed by atoms with Crippen molar-refractivity contribution >= 4 is 51.5 Å². The monoisotopic (exact) mass is 602 g/mol. The molecular formula is C32H27ClN2O6S. The summed E-state index contributed by atoms with van der Waals surface area (Å²) < 4.78 is 11.0. The third kappa shape index (κ3) is 5.66. The fourth-order valence-electron chi connectivity index (χ4n) is 4.74. The van der Waals surface area contributed by atoms with Crippen molar-refractivity contribution in [3.8, 4) is 5.75 Å². The van der Waals surface area contributed by atoms with Crippen LogP contribution in [-0.4, -0.2) is 34.4 Å². The molecule has 2 heterocycles. The Balaban J connectivity index is 1.57. The normalized spacial score (nSPS) is 16.1. The number of carbonyl (C=O) groups excluding carboxylic acids is 3. The average Bonchev–Trinajstić information content (AvgIpc) is 3.49. The van der Waals surface area contributed by atoms with Crippen LogP contribution in [0, 0.1) is 13.8 Å². The van der Waals surface area contributed by atoms with Crippen LogP contribution in [0.25, 0.3) is 5.76 Å². The molecule has 1 aliphatic rings. The standard InChI is InChI=1S/C32H27ClN2O6S/c1-4-40-31(39)29-19(3)34-32(42-29)35-26(21-10-12-22(33)13-11-21)25(28(37)30(35)38)27(36)24-15-14-23(16-18(24)2)41-17-20-8-6-5-7-9-20/h5-16,26,36H,4,17H2,1-3H3/t26-/m0/s1. The molecule has 1 amide bonds. The molecule has 5 rings (SSSR count). The molecule has 0 spiro atoms. The first-order valence-corrected chi connectivity index (χ1v) is 14.4. The van der Waals surface area contributed by atoms with E-state index in [4.69, 9.17) is 21.1 Å². The minimum atomic E-state index is -1.02. The number of halogens is 1. The lowest BCUT2D eigenvalue weighted by molar-refractivity contribution is -0.132. The number of aryl methyl sites for hydroxylation is 2. The molecule has 0 radical (unpaired) electrons. The molecule has 0 unspecified atom stereocenters. The van der Waals surface area contributed by atoms with E-state index >= 15 is 0 Å². The van der Waals surface area contributed by atoms with E-state index in [0.717, 1.165) is 16.9 Å². The van der Waals surface area contributed by atoms with Crippen molar-refractivity contribution in [1.82, 2.24) is 4.98 Å². The van der Waals surface area contributed by atoms with Gasteiger partial charge in [0.15, 0.2) is 5.13 Å². The van der Waals surface area contributed by atoms with E-state index in [0.29, 0.717) is 39.8 Å². The van der Waals surface area contributed by atoms with Gasteiger partial charge in [0.05, 0.1) is 23.9 Å². The summed E-state index contributed by atoms with van der Waals surface area (Å²) in [4.78, 5) is 45.4. The van der Waals surface area contributed by atoms with E-state index in [2.05, 4.69) is 4.98 Å². The minimum absolute atomic E-state index is 0.103. The molecule has 0 bridgehead atoms. The van der Waals surface area contributed by atoms with Crippen molar-refractivity contribution in [2.75, 3.05) is 11.5 Å². The van der Waals surface area contributed by atoms with Gasteiger partial charge in [0.25, 0.3) is 5.78 Å². The highest BCUT2D eigenvalue weighted by Gasteiger charge is 2.48. The fraction of sp³-hybridized carbons (Fsp3) is 0.188. The molecule has 0 aliphatic carbocycles. The number of aliphatic hydroxyl groups is 1. The number of hydrogen-bond acceptors (Lipinski definition) is 8. The number of hydrogen-bond donors (Lipinski definition) is 1. The Labute approximate surface area is 251 Å². The van der Waals surface area contributed by atoms with Crippen LogP contribution in [0.5, 0.6) is 5.75 Å². The zero-order valence-electron chi connectivity index (χ0n) is 23.1. The Morgan fingerprint density at radius 2 is 1.76 bits per heavy atom. The van der Waals surface area contributed by atoms with Crippen molar-refractivity contribution in [2.45, 2.75) is 33.4 Å². The highest BCUT2D eigenvalue weighted by atomic mass is 35.5. The van der Waals surface area contributed by atoms with Crippen LogP contribution >= 0.6 is 22.9 Å². The molecule has 8 nitrogen and oxygen atoms in total. The molecule has 1 fully saturated rings. The summed E-state index contributed by atoms with van der Waals surface area (Å²) in [7, 11) is 0. The molecular weight excluding hydrogens is 576 g/mol. The number of ketones is 1. The van der Waals surface area contributed by atoms with Gasteiger partial charge in [-0.05, 0) is 67.8 Å². The lowest BCUT2D eigenvalue weighted by Crippen LogP contribution is -2.29. The quantitative estimate of drug-likeness (QED) is 0.102. The SMILES string of the molecule is CCOC(=O)c1sc(N2C(=O)C(=O)C(=C(O)c3ccc(OCc4ccccc4)cc3C)[C@@H]2c2ccc(Cl)cc2)nc1C. The molecule has 3 aromatic carbocycles. The molecule has 1 N–H and O–H groups in total. The number of ether oxygens (including phenoxy) is 2. The maximum Gasteiger partial charge on any atom is 0.350 e. The Hall–Kier alpha value is -4.47. The predicted octanol–water partition coefficient (Wildman–Crippen LogP) is 6.80. The smallest absolute Gasteiger partial charge is 0.350 e. The Kier molecular flexibility index (Phi) is 8.42. The van der Waals surface area contributed by atoms with Gasteiger partial charge in [-0.25, -0.2) is 9.78 Å². The lowest BCUT2D eigenvalue weighted by Gasteiger charge is -2.23. The van der Waals surface area contributed by atoms with Gasteiger partial charge in [-0.3, -0.25) is 14.5 Å². The van der Waals surface area contributed by atoms with Crippen molar-refractivity contribution in [3.63, 3.8) is 0 Å². The number of aliphatic hydroxyl groups excluding tert-OH is 1. The van der Waals surface area contributed by atoms with Gasteiger partial charge >= 0.3 is 11.9 Å². The number of benzene rings is 3. The topological polar surface area (TPSA) is 106 Å². The minimum Gasteiger partial charge on any atom is -0.507 e. The Morgan fingerprint density at radius 3 is 2.43 bits per heavy atom. The first kappa shape index (κ1) is 29.0. The van der Waals surface area contributed by atoms with Gasteiger partial charge in [-0.15, -0.1) is 0 Å². The Morgan fingerprint density at radius 1 is 1.05 bits per heavy atom. The second-order valence-electron chi connectivity index (χ2n) is 9.60. The van der Waals surface area contributed by atoms with Crippen molar-refractivity contribution in [3.05, 3.63) is 116 Å². The number of amides is 1. The molecule has 1 aliphatic heterocycles. The average molecular weight is 603 g/mol. The summed E-state index contributed by atoms with van der Waals surface area (Å²) in [5, 5.41) is 12.2. The largest absolute Gasteiger partial charge is 0.507 e. The zero-order valence-corrected chi connectivity index (χ0v) is 24.7. The second kappa shape index (κ2) is 12.2. The number of thiazole rings is 1. The summed E-state index contributed by atoms with van der Waals surface area (Å²) in [5.41, 5.74) is 2.83. The van der Waals surface area contributed by atoms with E-state index in [1.165, 1.54) is 4.90 Å². The highest BCUT2D eigenvalue weighted by Crippen LogP contribution is 2.44. The van der Waals surface area contributed by atoms with Crippen LogP contribution in [0.1, 0.15) is 50.6 Å². The first-order chi connectivity index (χ1) is 20.2. The lowest BCUT2D eigenvalue weighted by atomic mass is 9.94. The van der Waals surface area contributed by atoms with Crippen LogP contribution in [0.4, 0.5) is 5.13 Å². The summed E-state index contributed by atoms with van der Waals surface area (Å²) >= 11 is 7.08. The van der Waals surface area contributed by atoms with Crippen LogP contribution in [0.3, 0.4) is 0 Å². The predicted molar refractivity (Wildman–Crippen MR) is 161 cm³/mol. The number of carbonyl (C=O) groups is 3. The van der Waals surface area contributed by atoms with E-state index < -0.39 is 23.7 Å². The maximum atomic E-state index is 13.5. The number of nitrogens with zero attached hydrogens (tertiary/aromatic N) is 2. The van der Waals surface area contributed by atoms with E-state index in [-0.39, 0.29) is 27.9 Å². The van der Waals surface area contributed by atoms with E-state index in [1.807, 2.05) is 30.3 Å². The molecule has 1 aromatic heterocycles. The molecule has 42 heavy (non-hydrogen) atoms. The van der Waals surface area contributed by atoms with Crippen LogP contribution in [-0.2, 0) is 20.9 Å². The summed E-state index contributed by atoms with van der Waals surface area (Å²) in [5.74, 6) is -2.05. The van der Waals surface area contributed by atoms with Crippen LogP contribution in [0.2, 0.25) is 5.02 Å². The van der Waals surface area contributed by atoms with Crippen molar-refractivity contribution in [2.24, 2.45) is 0 Å². The van der Waals surface area contributed by atoms with Gasteiger partial charge < -0.3 is 14.6 Å². The fourth-order valence-corrected chi connectivity index (χ4v) is 5.85. The van der Waals surface area contributed by atoms with Gasteiger partial charge in [-0.1, -0.05) is 65.4 Å². The summed E-state index contributed by atoms with van der Waals surface area (Å²) in [6, 6.07) is 20.5. The van der Waals surface area contributed by atoms with E-state index in [9.17, 15) is 19.5 Å². The number of Topliss-reactive ketones (excluding diaryl/α,β-unsaturated/α-hetero) is 1. The summed E-state index contributed by atoms with van der Waals surface area (Å²) in [6.45, 7) is 5.65. The van der Waals surface area contributed by atoms with Gasteiger partial charge in [-0.2, -0.15) is 0 Å². The Bertz CT molecular complexity index is 1700. The molecule has 10 heteroatoms. The van der Waals surface area contributed by atoms with Gasteiger partial charge in [0.1, 0.15) is 23.0 Å². The first-order valence-electron chi connectivity index (χ1n) is 13.2. The third-order valence-electron chi connectivity index (χ3n) is 6.78. The van der Waals surface area contributed by atoms with Gasteiger partial charge in [0.2, 0.25) is 0 Å². The van der Waals surface area contributed by atoms with E-state index in [1.54, 1.807) is 63.2 Å². The second-order valence-corrected chi connectivity index (χ2v) is 11.0. The van der Waals surface area contributed by atoms with Gasteiger partial charge in [0, 0.05) is 10.6 Å². The number of aromatic nitrogens is 1. The number of rotatable bonds is 8. The summed E-state index contributed by atoms with van der Waals surface area (Å²) in [6.07, 6.45) is 0. The van der Waals surface area contributed by atoms with Crippen LogP contribution < -0.4 is 9.64 Å². The molecule has 1 saturated heterocycles. The third-order valence-corrected chi connectivity index (χ3v) is 8.17. The number of anilines is 1. The van der Waals surface area contributed by atoms with Crippen molar-refractivity contribution in [1.29, 1.82) is 0 Å². The molecule has 214 valence electrons. The van der Waals surface area contributed by atoms with Crippen LogP contribution in [0.15, 0.2) is 78.4 Å². The molecule has 4 aromatic rings. The number of esters is 1. The highest BCUT2D eigenvalue weighted by molar-refractivity contribution is 7.17.